The maximum absolute atomic E-state index is 6.16. The molecule has 3 aromatic rings. The van der Waals surface area contributed by atoms with Gasteiger partial charge in [0, 0.05) is 18.0 Å². The summed E-state index contributed by atoms with van der Waals surface area (Å²) in [6.07, 6.45) is 3.42. The molecule has 2 aromatic heterocycles. The Bertz CT molecular complexity index is 648. The highest BCUT2D eigenvalue weighted by Crippen LogP contribution is 2.19. The van der Waals surface area contributed by atoms with Crippen molar-refractivity contribution in [3.05, 3.63) is 66.2 Å². The maximum Gasteiger partial charge on any atom is 0.181 e. The van der Waals surface area contributed by atoms with Crippen LogP contribution in [0.25, 0.3) is 11.4 Å². The zero-order valence-electron chi connectivity index (χ0n) is 10.2. The summed E-state index contributed by atoms with van der Waals surface area (Å²) in [6, 6.07) is 13.2. The van der Waals surface area contributed by atoms with E-state index in [1.807, 2.05) is 42.5 Å². The van der Waals surface area contributed by atoms with Gasteiger partial charge in [-0.15, -0.1) is 0 Å². The Morgan fingerprint density at radius 3 is 2.47 bits per heavy atom. The zero-order valence-corrected chi connectivity index (χ0v) is 10.2. The molecule has 94 valence electrons. The lowest BCUT2D eigenvalue weighted by Gasteiger charge is -2.07. The smallest absolute Gasteiger partial charge is 0.181 e. The van der Waals surface area contributed by atoms with Crippen LogP contribution >= 0.6 is 0 Å². The van der Waals surface area contributed by atoms with Gasteiger partial charge in [0.25, 0.3) is 0 Å². The molecule has 3 N–H and O–H groups in total. The molecule has 0 bridgehead atoms. The molecule has 5 heteroatoms. The summed E-state index contributed by atoms with van der Waals surface area (Å²) in [4.78, 5) is 8.41. The van der Waals surface area contributed by atoms with Crippen LogP contribution in [0.3, 0.4) is 0 Å². The van der Waals surface area contributed by atoms with Gasteiger partial charge in [0.15, 0.2) is 5.82 Å². The number of H-pyrrole nitrogens is 1. The third-order valence-corrected chi connectivity index (χ3v) is 2.89. The van der Waals surface area contributed by atoms with E-state index in [0.717, 1.165) is 11.1 Å². The Balaban J connectivity index is 1.90. The molecular formula is C14H13N5. The standard InChI is InChI=1S/C14H13N5/c15-12(10-4-2-1-3-5-10)14-17-13(18-19-14)11-6-8-16-9-7-11/h1-9,12H,15H2,(H,17,18,19)/t12-/m1/s1. The summed E-state index contributed by atoms with van der Waals surface area (Å²) >= 11 is 0. The molecule has 0 amide bonds. The number of nitrogens with one attached hydrogen (secondary N) is 1. The van der Waals surface area contributed by atoms with E-state index in [-0.39, 0.29) is 6.04 Å². The molecule has 1 aromatic carbocycles. The first-order valence-electron chi connectivity index (χ1n) is 5.98. The molecule has 3 rings (SSSR count). The van der Waals surface area contributed by atoms with Crippen LogP contribution in [0.5, 0.6) is 0 Å². The molecule has 1 atom stereocenters. The van der Waals surface area contributed by atoms with Crippen molar-refractivity contribution in [3.8, 4) is 11.4 Å². The van der Waals surface area contributed by atoms with Gasteiger partial charge in [0.05, 0.1) is 6.04 Å². The largest absolute Gasteiger partial charge is 0.318 e. The van der Waals surface area contributed by atoms with Gasteiger partial charge in [-0.05, 0) is 17.7 Å². The van der Waals surface area contributed by atoms with Gasteiger partial charge in [-0.25, -0.2) is 4.98 Å². The molecule has 0 spiro atoms. The quantitative estimate of drug-likeness (QED) is 0.745. The van der Waals surface area contributed by atoms with E-state index >= 15 is 0 Å². The van der Waals surface area contributed by atoms with Crippen molar-refractivity contribution >= 4 is 0 Å². The number of hydrogen-bond donors (Lipinski definition) is 2. The second-order valence-corrected chi connectivity index (χ2v) is 4.17. The van der Waals surface area contributed by atoms with Gasteiger partial charge in [-0.3, -0.25) is 10.1 Å². The summed E-state index contributed by atoms with van der Waals surface area (Å²) < 4.78 is 0. The summed E-state index contributed by atoms with van der Waals surface area (Å²) in [5.41, 5.74) is 8.08. The van der Waals surface area contributed by atoms with Crippen molar-refractivity contribution in [2.45, 2.75) is 6.04 Å². The van der Waals surface area contributed by atoms with E-state index in [9.17, 15) is 0 Å². The minimum absolute atomic E-state index is 0.302. The summed E-state index contributed by atoms with van der Waals surface area (Å²) in [6.45, 7) is 0. The van der Waals surface area contributed by atoms with E-state index in [0.29, 0.717) is 11.6 Å². The monoisotopic (exact) mass is 251 g/mol. The van der Waals surface area contributed by atoms with E-state index in [1.54, 1.807) is 12.4 Å². The van der Waals surface area contributed by atoms with Gasteiger partial charge in [-0.1, -0.05) is 30.3 Å². The Morgan fingerprint density at radius 1 is 1.00 bits per heavy atom. The number of nitrogens with zero attached hydrogens (tertiary/aromatic N) is 3. The Labute approximate surface area is 110 Å². The van der Waals surface area contributed by atoms with Crippen molar-refractivity contribution in [2.24, 2.45) is 5.73 Å². The van der Waals surface area contributed by atoms with E-state index in [1.165, 1.54) is 0 Å². The fraction of sp³-hybridized carbons (Fsp3) is 0.0714. The molecular weight excluding hydrogens is 238 g/mol. The first-order valence-corrected chi connectivity index (χ1v) is 5.98. The number of nitrogens with two attached hydrogens (primary N) is 1. The number of benzene rings is 1. The second-order valence-electron chi connectivity index (χ2n) is 4.17. The van der Waals surface area contributed by atoms with E-state index < -0.39 is 0 Å². The first-order chi connectivity index (χ1) is 9.34. The lowest BCUT2D eigenvalue weighted by atomic mass is 10.1. The lowest BCUT2D eigenvalue weighted by Crippen LogP contribution is -2.13. The fourth-order valence-corrected chi connectivity index (χ4v) is 1.86. The molecule has 0 unspecified atom stereocenters. The van der Waals surface area contributed by atoms with Crippen molar-refractivity contribution in [3.63, 3.8) is 0 Å². The van der Waals surface area contributed by atoms with Crippen LogP contribution < -0.4 is 5.73 Å². The molecule has 0 saturated heterocycles. The van der Waals surface area contributed by atoms with Crippen LogP contribution in [0.2, 0.25) is 0 Å². The highest BCUT2D eigenvalue weighted by molar-refractivity contribution is 5.53. The molecule has 0 aliphatic rings. The van der Waals surface area contributed by atoms with E-state index in [4.69, 9.17) is 5.73 Å². The minimum Gasteiger partial charge on any atom is -0.318 e. The molecule has 0 aliphatic heterocycles. The average molecular weight is 251 g/mol. The Hall–Kier alpha value is -2.53. The molecule has 0 radical (unpaired) electrons. The third-order valence-electron chi connectivity index (χ3n) is 2.89. The molecule has 0 saturated carbocycles. The molecule has 0 aliphatic carbocycles. The van der Waals surface area contributed by atoms with Gasteiger partial charge < -0.3 is 5.73 Å². The number of pyridine rings is 1. The summed E-state index contributed by atoms with van der Waals surface area (Å²) in [5, 5.41) is 7.09. The van der Waals surface area contributed by atoms with Crippen LogP contribution in [0.15, 0.2) is 54.9 Å². The second kappa shape index (κ2) is 4.99. The van der Waals surface area contributed by atoms with Crippen molar-refractivity contribution < 1.29 is 0 Å². The normalized spacial score (nSPS) is 12.3. The number of aromatic nitrogens is 4. The van der Waals surface area contributed by atoms with Crippen molar-refractivity contribution in [1.82, 2.24) is 20.2 Å². The Morgan fingerprint density at radius 2 is 1.74 bits per heavy atom. The van der Waals surface area contributed by atoms with Crippen molar-refractivity contribution in [1.29, 1.82) is 0 Å². The minimum atomic E-state index is -0.302. The van der Waals surface area contributed by atoms with Gasteiger partial charge in [-0.2, -0.15) is 5.10 Å². The highest BCUT2D eigenvalue weighted by atomic mass is 15.2. The maximum atomic E-state index is 6.16. The van der Waals surface area contributed by atoms with Crippen LogP contribution in [0, 0.1) is 0 Å². The average Bonchev–Trinajstić information content (AvgIpc) is 2.98. The molecule has 19 heavy (non-hydrogen) atoms. The predicted molar refractivity (Wildman–Crippen MR) is 72.1 cm³/mol. The Kier molecular flexibility index (Phi) is 3.04. The predicted octanol–water partition coefficient (Wildman–Crippen LogP) is 1.91. The van der Waals surface area contributed by atoms with Crippen LogP contribution in [-0.4, -0.2) is 20.2 Å². The first kappa shape index (κ1) is 11.6. The number of aromatic amines is 1. The SMILES string of the molecule is N[C@H](c1ccccc1)c1nc(-c2ccncc2)n[nH]1. The van der Waals surface area contributed by atoms with Crippen molar-refractivity contribution in [2.75, 3.05) is 0 Å². The highest BCUT2D eigenvalue weighted by Gasteiger charge is 2.14. The summed E-state index contributed by atoms with van der Waals surface area (Å²) in [5.74, 6) is 1.28. The fourth-order valence-electron chi connectivity index (χ4n) is 1.86. The number of hydrogen-bond acceptors (Lipinski definition) is 4. The van der Waals surface area contributed by atoms with Gasteiger partial charge >= 0.3 is 0 Å². The van der Waals surface area contributed by atoms with Gasteiger partial charge in [0.1, 0.15) is 5.82 Å². The van der Waals surface area contributed by atoms with Gasteiger partial charge in [0.2, 0.25) is 0 Å². The van der Waals surface area contributed by atoms with Crippen LogP contribution in [0.4, 0.5) is 0 Å². The topological polar surface area (TPSA) is 80.5 Å². The van der Waals surface area contributed by atoms with Crippen LogP contribution in [0.1, 0.15) is 17.4 Å². The number of rotatable bonds is 3. The molecule has 2 heterocycles. The lowest BCUT2D eigenvalue weighted by molar-refractivity contribution is 0.787. The molecule has 5 nitrogen and oxygen atoms in total. The van der Waals surface area contributed by atoms with Crippen LogP contribution in [-0.2, 0) is 0 Å². The van der Waals surface area contributed by atoms with E-state index in [2.05, 4.69) is 20.2 Å². The third kappa shape index (κ3) is 2.36. The zero-order chi connectivity index (χ0) is 13.1. The summed E-state index contributed by atoms with van der Waals surface area (Å²) in [7, 11) is 0. The molecule has 0 fully saturated rings.